The SMILES string of the molecule is CCCCCCCCCCCCCC#Cc1ccc2nc3c4ccc5c6ccc7c8c(ccc(c9ccc(c(=O)n3c2c1)c4c95)c68)c(=O)n1c2cc(C#CCCCCCCCCCCCCC)ccc2nc71. The van der Waals surface area contributed by atoms with Gasteiger partial charge in [-0.25, -0.2) is 9.97 Å². The standard InChI is InChI=1S/C66H68N4O2/c1-3-5-7-9-11-13-15-17-19-21-23-25-27-29-45-31-41-55-57(43-45)69-63(67-55)51-37-33-47-48-34-38-52-62-54(40-36-50(60(48)62)49-35-39-53(65(69)71)61(51)59(47)49)66(72)70-58-44-46(32-42-56(58)68-64(52)70)30-28-26-24-22-20-18-16-14-12-10-8-6-4-2/h31-44H,3-26H2,1-2H3. The lowest BCUT2D eigenvalue weighted by Crippen LogP contribution is -2.14. The summed E-state index contributed by atoms with van der Waals surface area (Å²) in [7, 11) is 0. The van der Waals surface area contributed by atoms with Crippen LogP contribution >= 0.6 is 0 Å². The normalized spacial score (nSPS) is 12.1. The van der Waals surface area contributed by atoms with E-state index < -0.39 is 0 Å². The number of pyridine rings is 2. The lowest BCUT2D eigenvalue weighted by molar-refractivity contribution is 0.551. The monoisotopic (exact) mass is 949 g/mol. The molecule has 0 aliphatic carbocycles. The van der Waals surface area contributed by atoms with Crippen molar-refractivity contribution in [2.75, 3.05) is 0 Å². The third kappa shape index (κ3) is 8.97. The molecule has 0 N–H and O–H groups in total. The van der Waals surface area contributed by atoms with Gasteiger partial charge >= 0.3 is 0 Å². The van der Waals surface area contributed by atoms with Gasteiger partial charge in [0, 0.05) is 56.3 Å². The number of unbranched alkanes of at least 4 members (excludes halogenated alkanes) is 22. The van der Waals surface area contributed by atoms with Crippen molar-refractivity contribution in [1.29, 1.82) is 0 Å². The number of aromatic nitrogens is 4. The molecule has 72 heavy (non-hydrogen) atoms. The van der Waals surface area contributed by atoms with Crippen LogP contribution in [0.15, 0.2) is 94.5 Å². The fraction of sp³-hybridized carbons (Fsp3) is 0.394. The second kappa shape index (κ2) is 21.5. The van der Waals surface area contributed by atoms with Gasteiger partial charge in [0.05, 0.1) is 22.1 Å². The first-order chi connectivity index (χ1) is 35.6. The van der Waals surface area contributed by atoms with Gasteiger partial charge in [-0.15, -0.1) is 0 Å². The van der Waals surface area contributed by atoms with Crippen molar-refractivity contribution in [3.05, 3.63) is 117 Å². The summed E-state index contributed by atoms with van der Waals surface area (Å²) < 4.78 is 3.58. The summed E-state index contributed by atoms with van der Waals surface area (Å²) in [4.78, 5) is 39.6. The van der Waals surface area contributed by atoms with Crippen LogP contribution in [0.1, 0.15) is 179 Å². The van der Waals surface area contributed by atoms with Crippen LogP contribution in [0, 0.1) is 23.7 Å². The molecule has 364 valence electrons. The third-order valence-corrected chi connectivity index (χ3v) is 15.8. The molecule has 0 aliphatic heterocycles. The number of fused-ring (bicyclic) bond motifs is 10. The molecule has 6 nitrogen and oxygen atoms in total. The molecule has 11 aromatic rings. The van der Waals surface area contributed by atoms with Crippen molar-refractivity contribution in [3.8, 4) is 23.7 Å². The predicted octanol–water partition coefficient (Wildman–Crippen LogP) is 17.3. The number of hydrogen-bond acceptors (Lipinski definition) is 4. The molecule has 0 radical (unpaired) electrons. The molecule has 0 fully saturated rings. The summed E-state index contributed by atoms with van der Waals surface area (Å²) >= 11 is 0. The summed E-state index contributed by atoms with van der Waals surface area (Å²) in [6, 6.07) is 29.0. The molecule has 0 bridgehead atoms. The van der Waals surface area contributed by atoms with Crippen LogP contribution < -0.4 is 11.1 Å². The minimum atomic E-state index is -0.0752. The van der Waals surface area contributed by atoms with E-state index in [0.717, 1.165) is 113 Å². The molecule has 4 aromatic heterocycles. The minimum absolute atomic E-state index is 0.0752. The third-order valence-electron chi connectivity index (χ3n) is 15.8. The highest BCUT2D eigenvalue weighted by Gasteiger charge is 2.24. The molecule has 0 spiro atoms. The summed E-state index contributed by atoms with van der Waals surface area (Å²) in [6.07, 6.45) is 30.8. The number of hydrogen-bond donors (Lipinski definition) is 0. The highest BCUT2D eigenvalue weighted by atomic mass is 16.1. The predicted molar refractivity (Wildman–Crippen MR) is 306 cm³/mol. The zero-order valence-corrected chi connectivity index (χ0v) is 42.7. The van der Waals surface area contributed by atoms with Crippen molar-refractivity contribution >= 4 is 98.0 Å². The first kappa shape index (κ1) is 47.6. The van der Waals surface area contributed by atoms with E-state index in [-0.39, 0.29) is 11.1 Å². The Morgan fingerprint density at radius 1 is 0.361 bits per heavy atom. The van der Waals surface area contributed by atoms with E-state index in [4.69, 9.17) is 9.97 Å². The van der Waals surface area contributed by atoms with E-state index in [1.807, 2.05) is 48.5 Å². The average Bonchev–Trinajstić information content (AvgIpc) is 3.99. The first-order valence-corrected chi connectivity index (χ1v) is 27.9. The molecule has 7 aromatic carbocycles. The highest BCUT2D eigenvalue weighted by Crippen LogP contribution is 2.46. The van der Waals surface area contributed by atoms with E-state index in [1.54, 1.807) is 8.80 Å². The Bertz CT molecular complexity index is 3710. The fourth-order valence-corrected chi connectivity index (χ4v) is 12.0. The van der Waals surface area contributed by atoms with Gasteiger partial charge in [0.2, 0.25) is 0 Å². The maximum Gasteiger partial charge on any atom is 0.264 e. The Kier molecular flexibility index (Phi) is 14.2. The van der Waals surface area contributed by atoms with E-state index in [1.165, 1.54) is 128 Å². The number of nitrogens with zero attached hydrogens (tertiary/aromatic N) is 4. The maximum absolute atomic E-state index is 14.7. The molecule has 0 atom stereocenters. The molecule has 0 saturated carbocycles. The quantitative estimate of drug-likeness (QED) is 0.0294. The van der Waals surface area contributed by atoms with Crippen LogP contribution in [0.2, 0.25) is 0 Å². The van der Waals surface area contributed by atoms with Gasteiger partial charge in [0.1, 0.15) is 11.3 Å². The van der Waals surface area contributed by atoms with Gasteiger partial charge < -0.3 is 0 Å². The van der Waals surface area contributed by atoms with E-state index in [0.29, 0.717) is 22.1 Å². The highest BCUT2D eigenvalue weighted by molar-refractivity contribution is 6.40. The number of benzene rings is 7. The maximum atomic E-state index is 14.7. The van der Waals surface area contributed by atoms with Crippen molar-refractivity contribution in [2.24, 2.45) is 0 Å². The lowest BCUT2D eigenvalue weighted by atomic mass is 9.86. The largest absolute Gasteiger partial charge is 0.268 e. The Morgan fingerprint density at radius 3 is 1.03 bits per heavy atom. The summed E-state index contributed by atoms with van der Waals surface area (Å²) in [6.45, 7) is 4.55. The van der Waals surface area contributed by atoms with Crippen LogP contribution in [0.25, 0.3) is 98.0 Å². The summed E-state index contributed by atoms with van der Waals surface area (Å²) in [5.41, 5.74) is 6.13. The van der Waals surface area contributed by atoms with E-state index in [9.17, 15) is 9.59 Å². The second-order valence-corrected chi connectivity index (χ2v) is 20.9. The molecule has 6 heteroatoms. The molecular weight excluding hydrogens is 881 g/mol. The van der Waals surface area contributed by atoms with Crippen LogP contribution in [-0.2, 0) is 0 Å². The number of imidazole rings is 2. The van der Waals surface area contributed by atoms with Gasteiger partial charge in [-0.2, -0.15) is 0 Å². The molecule has 0 aliphatic rings. The molecule has 0 saturated heterocycles. The van der Waals surface area contributed by atoms with Gasteiger partial charge in [-0.1, -0.05) is 190 Å². The fourth-order valence-electron chi connectivity index (χ4n) is 12.0. The van der Waals surface area contributed by atoms with E-state index in [2.05, 4.69) is 73.9 Å². The first-order valence-electron chi connectivity index (χ1n) is 27.9. The van der Waals surface area contributed by atoms with Crippen LogP contribution in [-0.4, -0.2) is 18.8 Å². The molecule has 0 amide bonds. The van der Waals surface area contributed by atoms with Gasteiger partial charge in [-0.3, -0.25) is 18.4 Å². The second-order valence-electron chi connectivity index (χ2n) is 20.9. The topological polar surface area (TPSA) is 68.7 Å². The Labute approximate surface area is 423 Å². The zero-order valence-electron chi connectivity index (χ0n) is 42.7. The van der Waals surface area contributed by atoms with E-state index >= 15 is 0 Å². The molecule has 11 rings (SSSR count). The van der Waals surface area contributed by atoms with Crippen LogP contribution in [0.3, 0.4) is 0 Å². The lowest BCUT2D eigenvalue weighted by Gasteiger charge is -2.18. The van der Waals surface area contributed by atoms with Crippen LogP contribution in [0.5, 0.6) is 0 Å². The Balaban J connectivity index is 0.857. The smallest absolute Gasteiger partial charge is 0.264 e. The van der Waals surface area contributed by atoms with Crippen molar-refractivity contribution in [2.45, 2.75) is 168 Å². The summed E-state index contributed by atoms with van der Waals surface area (Å²) in [5, 5.41) is 11.4. The average molecular weight is 949 g/mol. The molecular formula is C66H68N4O2. The number of rotatable bonds is 22. The van der Waals surface area contributed by atoms with Gasteiger partial charge in [0.25, 0.3) is 11.1 Å². The minimum Gasteiger partial charge on any atom is -0.268 e. The molecule has 4 heterocycles. The Hall–Kier alpha value is -6.76. The Morgan fingerprint density at radius 2 is 0.667 bits per heavy atom. The zero-order chi connectivity index (χ0) is 49.0. The van der Waals surface area contributed by atoms with Crippen molar-refractivity contribution in [3.63, 3.8) is 0 Å². The van der Waals surface area contributed by atoms with Gasteiger partial charge in [0.15, 0.2) is 0 Å². The summed E-state index contributed by atoms with van der Waals surface area (Å²) in [5.74, 6) is 13.6. The van der Waals surface area contributed by atoms with Gasteiger partial charge in [-0.05, 0) is 106 Å². The van der Waals surface area contributed by atoms with Crippen molar-refractivity contribution in [1.82, 2.24) is 18.8 Å². The van der Waals surface area contributed by atoms with Crippen molar-refractivity contribution < 1.29 is 0 Å². The molecule has 0 unspecified atom stereocenters. The van der Waals surface area contributed by atoms with Crippen LogP contribution in [0.4, 0.5) is 0 Å².